The predicted molar refractivity (Wildman–Crippen MR) is 88.1 cm³/mol. The SMILES string of the molecule is CC(C)(C)OC(=O)NC1CC(Nc2ccccc2SC(F)F)C1. The van der Waals surface area contributed by atoms with Crippen molar-refractivity contribution in [1.29, 1.82) is 0 Å². The van der Waals surface area contributed by atoms with Crippen molar-refractivity contribution < 1.29 is 18.3 Å². The zero-order chi connectivity index (χ0) is 17.0. The second kappa shape index (κ2) is 7.38. The molecular formula is C16H22F2N2O2S. The number of amides is 1. The van der Waals surface area contributed by atoms with Crippen molar-refractivity contribution in [3.8, 4) is 0 Å². The van der Waals surface area contributed by atoms with Crippen molar-refractivity contribution in [1.82, 2.24) is 5.32 Å². The lowest BCUT2D eigenvalue weighted by molar-refractivity contribution is 0.0475. The Morgan fingerprint density at radius 1 is 1.26 bits per heavy atom. The lowest BCUT2D eigenvalue weighted by atomic mass is 9.86. The molecule has 0 spiro atoms. The Morgan fingerprint density at radius 2 is 1.91 bits per heavy atom. The molecule has 0 heterocycles. The Labute approximate surface area is 139 Å². The molecule has 1 aliphatic rings. The molecule has 0 saturated heterocycles. The minimum absolute atomic E-state index is 0.0530. The van der Waals surface area contributed by atoms with E-state index in [1.165, 1.54) is 0 Å². The predicted octanol–water partition coefficient (Wildman–Crippen LogP) is 4.47. The van der Waals surface area contributed by atoms with E-state index < -0.39 is 17.5 Å². The molecule has 0 aromatic heterocycles. The van der Waals surface area contributed by atoms with Gasteiger partial charge in [-0.3, -0.25) is 0 Å². The number of carbonyl (C=O) groups is 1. The summed E-state index contributed by atoms with van der Waals surface area (Å²) in [6.07, 6.45) is 1.06. The Kier molecular flexibility index (Phi) is 5.73. The van der Waals surface area contributed by atoms with Crippen LogP contribution in [-0.4, -0.2) is 29.5 Å². The zero-order valence-electron chi connectivity index (χ0n) is 13.4. The van der Waals surface area contributed by atoms with E-state index in [-0.39, 0.29) is 12.1 Å². The quantitative estimate of drug-likeness (QED) is 0.774. The summed E-state index contributed by atoms with van der Waals surface area (Å²) in [5.74, 6) is -2.44. The van der Waals surface area contributed by atoms with Crippen molar-refractivity contribution in [2.24, 2.45) is 0 Å². The molecule has 4 nitrogen and oxygen atoms in total. The Hall–Kier alpha value is -1.50. The highest BCUT2D eigenvalue weighted by Crippen LogP contribution is 2.34. The number of para-hydroxylation sites is 1. The van der Waals surface area contributed by atoms with Crippen LogP contribution < -0.4 is 10.6 Å². The van der Waals surface area contributed by atoms with Gasteiger partial charge in [-0.1, -0.05) is 23.9 Å². The fraction of sp³-hybridized carbons (Fsp3) is 0.562. The highest BCUT2D eigenvalue weighted by atomic mass is 32.2. The third-order valence-electron chi connectivity index (χ3n) is 3.32. The fourth-order valence-corrected chi connectivity index (χ4v) is 2.94. The number of nitrogens with one attached hydrogen (secondary N) is 2. The van der Waals surface area contributed by atoms with E-state index in [1.807, 2.05) is 26.8 Å². The molecular weight excluding hydrogens is 322 g/mol. The molecule has 1 fully saturated rings. The van der Waals surface area contributed by atoms with E-state index in [1.54, 1.807) is 18.2 Å². The van der Waals surface area contributed by atoms with Crippen LogP contribution in [0.1, 0.15) is 33.6 Å². The van der Waals surface area contributed by atoms with E-state index in [0.717, 1.165) is 12.8 Å². The van der Waals surface area contributed by atoms with Crippen molar-refractivity contribution in [2.75, 3.05) is 5.32 Å². The van der Waals surface area contributed by atoms with Gasteiger partial charge in [0.25, 0.3) is 5.76 Å². The van der Waals surface area contributed by atoms with Crippen LogP contribution in [0.4, 0.5) is 19.3 Å². The molecule has 0 unspecified atom stereocenters. The van der Waals surface area contributed by atoms with E-state index in [0.29, 0.717) is 22.3 Å². The van der Waals surface area contributed by atoms with Crippen LogP contribution in [0.25, 0.3) is 0 Å². The summed E-state index contributed by atoms with van der Waals surface area (Å²) >= 11 is 0.534. The van der Waals surface area contributed by atoms with Crippen molar-refractivity contribution in [3.63, 3.8) is 0 Å². The van der Waals surface area contributed by atoms with Crippen LogP contribution in [0.15, 0.2) is 29.2 Å². The highest BCUT2D eigenvalue weighted by molar-refractivity contribution is 7.99. The average molecular weight is 344 g/mol. The third-order valence-corrected chi connectivity index (χ3v) is 4.11. The first-order valence-electron chi connectivity index (χ1n) is 7.53. The number of alkyl carbamates (subject to hydrolysis) is 1. The molecule has 0 aliphatic heterocycles. The Morgan fingerprint density at radius 3 is 2.52 bits per heavy atom. The summed E-state index contributed by atoms with van der Waals surface area (Å²) in [6.45, 7) is 5.44. The van der Waals surface area contributed by atoms with E-state index in [9.17, 15) is 13.6 Å². The van der Waals surface area contributed by atoms with Gasteiger partial charge in [0.15, 0.2) is 0 Å². The van der Waals surface area contributed by atoms with Gasteiger partial charge in [-0.2, -0.15) is 8.78 Å². The fourth-order valence-electron chi connectivity index (χ4n) is 2.33. The number of rotatable bonds is 5. The second-order valence-corrected chi connectivity index (χ2v) is 7.56. The molecule has 1 amide bonds. The maximum atomic E-state index is 12.5. The van der Waals surface area contributed by atoms with E-state index in [4.69, 9.17) is 4.74 Å². The average Bonchev–Trinajstić information content (AvgIpc) is 2.35. The van der Waals surface area contributed by atoms with Crippen molar-refractivity contribution in [2.45, 2.75) is 62.0 Å². The second-order valence-electron chi connectivity index (χ2n) is 6.53. The molecule has 2 rings (SSSR count). The number of hydrogen-bond donors (Lipinski definition) is 2. The highest BCUT2D eigenvalue weighted by Gasteiger charge is 2.32. The summed E-state index contributed by atoms with van der Waals surface area (Å²) < 4.78 is 30.3. The number of ether oxygens (including phenoxy) is 1. The van der Waals surface area contributed by atoms with E-state index >= 15 is 0 Å². The molecule has 0 radical (unpaired) electrons. The van der Waals surface area contributed by atoms with Crippen LogP contribution in [0.3, 0.4) is 0 Å². The lowest BCUT2D eigenvalue weighted by Gasteiger charge is -2.37. The van der Waals surface area contributed by atoms with Gasteiger partial charge in [-0.25, -0.2) is 4.79 Å². The van der Waals surface area contributed by atoms with Crippen LogP contribution in [-0.2, 0) is 4.74 Å². The smallest absolute Gasteiger partial charge is 0.407 e. The number of anilines is 1. The van der Waals surface area contributed by atoms with Gasteiger partial charge in [0, 0.05) is 22.7 Å². The Bertz CT molecular complexity index is 543. The number of benzene rings is 1. The van der Waals surface area contributed by atoms with Gasteiger partial charge in [-0.05, 0) is 45.7 Å². The molecule has 7 heteroatoms. The number of carbonyl (C=O) groups excluding carboxylic acids is 1. The van der Waals surface area contributed by atoms with Gasteiger partial charge < -0.3 is 15.4 Å². The first kappa shape index (κ1) is 17.8. The number of halogens is 2. The first-order chi connectivity index (χ1) is 10.7. The van der Waals surface area contributed by atoms with Crippen LogP contribution in [0.2, 0.25) is 0 Å². The van der Waals surface area contributed by atoms with Gasteiger partial charge in [0.05, 0.1) is 0 Å². The maximum Gasteiger partial charge on any atom is 0.407 e. The van der Waals surface area contributed by atoms with Crippen molar-refractivity contribution in [3.05, 3.63) is 24.3 Å². The minimum atomic E-state index is -2.44. The molecule has 1 saturated carbocycles. The lowest BCUT2D eigenvalue weighted by Crippen LogP contribution is -2.50. The summed E-state index contributed by atoms with van der Waals surface area (Å²) in [4.78, 5) is 12.2. The van der Waals surface area contributed by atoms with Crippen LogP contribution in [0.5, 0.6) is 0 Å². The zero-order valence-corrected chi connectivity index (χ0v) is 14.3. The molecule has 2 N–H and O–H groups in total. The van der Waals surface area contributed by atoms with E-state index in [2.05, 4.69) is 10.6 Å². The van der Waals surface area contributed by atoms with Gasteiger partial charge in [0.2, 0.25) is 0 Å². The molecule has 1 aromatic rings. The third kappa shape index (κ3) is 5.89. The number of hydrogen-bond acceptors (Lipinski definition) is 4. The standard InChI is InChI=1S/C16H22F2N2O2S/c1-16(2,3)22-15(21)20-11-8-10(9-11)19-12-6-4-5-7-13(12)23-14(17)18/h4-7,10-11,14,19H,8-9H2,1-3H3,(H,20,21). The molecule has 0 atom stereocenters. The molecule has 128 valence electrons. The Balaban J connectivity index is 1.79. The van der Waals surface area contributed by atoms with Gasteiger partial charge in [0.1, 0.15) is 5.60 Å². The summed E-state index contributed by atoms with van der Waals surface area (Å²) in [5.41, 5.74) is 0.190. The minimum Gasteiger partial charge on any atom is -0.444 e. The molecule has 23 heavy (non-hydrogen) atoms. The van der Waals surface area contributed by atoms with Crippen LogP contribution >= 0.6 is 11.8 Å². The summed E-state index contributed by atoms with van der Waals surface area (Å²) in [6, 6.07) is 7.23. The summed E-state index contributed by atoms with van der Waals surface area (Å²) in [7, 11) is 0. The van der Waals surface area contributed by atoms with Crippen molar-refractivity contribution >= 4 is 23.5 Å². The van der Waals surface area contributed by atoms with Crippen LogP contribution in [0, 0.1) is 0 Å². The molecule has 1 aromatic carbocycles. The van der Waals surface area contributed by atoms with Gasteiger partial charge >= 0.3 is 6.09 Å². The largest absolute Gasteiger partial charge is 0.444 e. The first-order valence-corrected chi connectivity index (χ1v) is 8.41. The van der Waals surface area contributed by atoms with Gasteiger partial charge in [-0.15, -0.1) is 0 Å². The maximum absolute atomic E-state index is 12.5. The topological polar surface area (TPSA) is 50.4 Å². The molecule has 0 bridgehead atoms. The monoisotopic (exact) mass is 344 g/mol. The molecule has 1 aliphatic carbocycles. The summed E-state index contributed by atoms with van der Waals surface area (Å²) in [5, 5.41) is 6.07. The number of thioether (sulfide) groups is 1. The normalized spacial score (nSPS) is 20.8. The number of alkyl halides is 2.